The van der Waals surface area contributed by atoms with Gasteiger partial charge in [-0.15, -0.1) is 22.7 Å². The molecule has 1 aromatic heterocycles. The van der Waals surface area contributed by atoms with E-state index in [4.69, 9.17) is 9.26 Å². The second-order valence-corrected chi connectivity index (χ2v) is 4.45. The van der Waals surface area contributed by atoms with Crippen molar-refractivity contribution < 1.29 is 29.4 Å². The molecule has 0 amide bonds. The SMILES string of the molecule is COc1c[c-]c2c(c1)c1ccccc1c1conc21.[Ir]. The van der Waals surface area contributed by atoms with Crippen molar-refractivity contribution in [3.63, 3.8) is 0 Å². The Labute approximate surface area is 128 Å². The molecule has 0 unspecified atom stereocenters. The van der Waals surface area contributed by atoms with Gasteiger partial charge >= 0.3 is 0 Å². The second kappa shape index (κ2) is 4.89. The van der Waals surface area contributed by atoms with E-state index < -0.39 is 0 Å². The number of fused-ring (bicyclic) bond motifs is 6. The molecular formula is C16H10IrNO2-. The fourth-order valence-corrected chi connectivity index (χ4v) is 2.56. The van der Waals surface area contributed by atoms with Gasteiger partial charge in [0.15, 0.2) is 0 Å². The standard InChI is InChI=1S/C16H10NO2.Ir/c1-18-10-6-7-13-14(8-10)11-4-2-3-5-12(11)15-9-19-17-16(13)15;/h2-6,8-9H,1H3;/q-1;. The summed E-state index contributed by atoms with van der Waals surface area (Å²) in [5.41, 5.74) is 0.844. The van der Waals surface area contributed by atoms with Gasteiger partial charge in [-0.25, -0.2) is 0 Å². The van der Waals surface area contributed by atoms with Crippen molar-refractivity contribution in [3.8, 4) is 5.75 Å². The van der Waals surface area contributed by atoms with E-state index in [1.807, 2.05) is 24.3 Å². The largest absolute Gasteiger partial charge is 0.540 e. The Morgan fingerprint density at radius 3 is 2.60 bits per heavy atom. The molecule has 4 rings (SSSR count). The Morgan fingerprint density at radius 1 is 1.10 bits per heavy atom. The van der Waals surface area contributed by atoms with Gasteiger partial charge in [-0.1, -0.05) is 41.1 Å². The molecule has 4 heteroatoms. The van der Waals surface area contributed by atoms with Crippen molar-refractivity contribution in [2.75, 3.05) is 7.11 Å². The molecule has 0 atom stereocenters. The minimum Gasteiger partial charge on any atom is -0.540 e. The normalized spacial score (nSPS) is 10.8. The van der Waals surface area contributed by atoms with Gasteiger partial charge in [0.25, 0.3) is 0 Å². The molecule has 0 saturated heterocycles. The molecule has 0 spiro atoms. The fraction of sp³-hybridized carbons (Fsp3) is 0.0625. The molecule has 0 aliphatic rings. The predicted octanol–water partition coefficient (Wildman–Crippen LogP) is 3.94. The zero-order valence-electron chi connectivity index (χ0n) is 10.6. The Kier molecular flexibility index (Phi) is 3.20. The average Bonchev–Trinajstić information content (AvgIpc) is 2.96. The summed E-state index contributed by atoms with van der Waals surface area (Å²) in [6.45, 7) is 0. The maximum absolute atomic E-state index is 5.29. The third-order valence-corrected chi connectivity index (χ3v) is 3.46. The maximum Gasteiger partial charge on any atom is 0.121 e. The van der Waals surface area contributed by atoms with Crippen LogP contribution in [0.25, 0.3) is 32.4 Å². The van der Waals surface area contributed by atoms with Gasteiger partial charge < -0.3 is 9.26 Å². The molecule has 3 nitrogen and oxygen atoms in total. The third kappa shape index (κ3) is 1.73. The zero-order chi connectivity index (χ0) is 12.8. The van der Waals surface area contributed by atoms with Crippen LogP contribution in [-0.4, -0.2) is 12.3 Å². The van der Waals surface area contributed by atoms with Gasteiger partial charge in [-0.3, -0.25) is 0 Å². The molecule has 0 aliphatic heterocycles. The van der Waals surface area contributed by atoms with E-state index in [9.17, 15) is 0 Å². The van der Waals surface area contributed by atoms with Gasteiger partial charge in [0.2, 0.25) is 0 Å². The van der Waals surface area contributed by atoms with Crippen LogP contribution in [0.4, 0.5) is 0 Å². The summed E-state index contributed by atoms with van der Waals surface area (Å²) >= 11 is 0. The van der Waals surface area contributed by atoms with Crippen LogP contribution in [0.1, 0.15) is 0 Å². The molecule has 0 saturated carbocycles. The van der Waals surface area contributed by atoms with E-state index in [0.717, 1.165) is 38.2 Å². The molecule has 101 valence electrons. The first-order chi connectivity index (χ1) is 9.38. The second-order valence-electron chi connectivity index (χ2n) is 4.45. The monoisotopic (exact) mass is 441 g/mol. The van der Waals surface area contributed by atoms with Crippen LogP contribution in [0.3, 0.4) is 0 Å². The molecule has 0 aliphatic carbocycles. The Bertz CT molecular complexity index is 914. The van der Waals surface area contributed by atoms with Crippen LogP contribution in [0.2, 0.25) is 0 Å². The molecule has 1 radical (unpaired) electrons. The minimum absolute atomic E-state index is 0. The summed E-state index contributed by atoms with van der Waals surface area (Å²) in [6, 6.07) is 15.3. The van der Waals surface area contributed by atoms with Crippen molar-refractivity contribution in [3.05, 3.63) is 48.7 Å². The number of ether oxygens (including phenoxy) is 1. The number of methoxy groups -OCH3 is 1. The zero-order valence-corrected chi connectivity index (χ0v) is 13.0. The maximum atomic E-state index is 5.29. The smallest absolute Gasteiger partial charge is 0.121 e. The van der Waals surface area contributed by atoms with Gasteiger partial charge in [0.05, 0.1) is 7.11 Å². The quantitative estimate of drug-likeness (QED) is 0.332. The Morgan fingerprint density at radius 2 is 1.85 bits per heavy atom. The minimum atomic E-state index is 0. The van der Waals surface area contributed by atoms with Crippen molar-refractivity contribution >= 4 is 32.4 Å². The van der Waals surface area contributed by atoms with Crippen LogP contribution >= 0.6 is 0 Å². The van der Waals surface area contributed by atoms with Crippen molar-refractivity contribution in [1.29, 1.82) is 0 Å². The summed E-state index contributed by atoms with van der Waals surface area (Å²) < 4.78 is 10.4. The van der Waals surface area contributed by atoms with Gasteiger partial charge in [-0.05, 0) is 5.39 Å². The third-order valence-electron chi connectivity index (χ3n) is 3.46. The number of aromatic nitrogens is 1. The number of hydrogen-bond donors (Lipinski definition) is 0. The van der Waals surface area contributed by atoms with Crippen molar-refractivity contribution in [1.82, 2.24) is 5.16 Å². The van der Waals surface area contributed by atoms with Crippen molar-refractivity contribution in [2.24, 2.45) is 0 Å². The van der Waals surface area contributed by atoms with Crippen LogP contribution < -0.4 is 4.74 Å². The van der Waals surface area contributed by atoms with E-state index in [-0.39, 0.29) is 20.1 Å². The Balaban J connectivity index is 0.00000121. The summed E-state index contributed by atoms with van der Waals surface area (Å²) in [5.74, 6) is 0.792. The average molecular weight is 440 g/mol. The van der Waals surface area contributed by atoms with E-state index in [0.29, 0.717) is 0 Å². The fourth-order valence-electron chi connectivity index (χ4n) is 2.56. The number of nitrogens with zero attached hydrogens (tertiary/aromatic N) is 1. The molecule has 0 N–H and O–H groups in total. The van der Waals surface area contributed by atoms with Gasteiger partial charge in [0, 0.05) is 36.8 Å². The van der Waals surface area contributed by atoms with Gasteiger partial charge in [-0.2, -0.15) is 0 Å². The summed E-state index contributed by atoms with van der Waals surface area (Å²) in [4.78, 5) is 0. The molecule has 3 aromatic carbocycles. The first kappa shape index (κ1) is 13.1. The van der Waals surface area contributed by atoms with E-state index >= 15 is 0 Å². The predicted molar refractivity (Wildman–Crippen MR) is 74.4 cm³/mol. The van der Waals surface area contributed by atoms with E-state index in [1.54, 1.807) is 13.4 Å². The molecule has 4 aromatic rings. The molecular weight excluding hydrogens is 430 g/mol. The first-order valence-corrected chi connectivity index (χ1v) is 6.02. The van der Waals surface area contributed by atoms with Crippen LogP contribution in [0, 0.1) is 6.07 Å². The van der Waals surface area contributed by atoms with Crippen LogP contribution in [0.5, 0.6) is 5.75 Å². The Hall–Kier alpha value is -1.90. The van der Waals surface area contributed by atoms with Crippen LogP contribution in [-0.2, 0) is 20.1 Å². The van der Waals surface area contributed by atoms with Gasteiger partial charge in [0.1, 0.15) is 6.26 Å². The molecule has 1 heterocycles. The number of benzene rings is 3. The molecule has 0 fully saturated rings. The summed E-state index contributed by atoms with van der Waals surface area (Å²) in [7, 11) is 1.66. The summed E-state index contributed by atoms with van der Waals surface area (Å²) in [6.07, 6.45) is 1.69. The topological polar surface area (TPSA) is 35.3 Å². The molecule has 20 heavy (non-hydrogen) atoms. The van der Waals surface area contributed by atoms with E-state index in [1.165, 1.54) is 0 Å². The van der Waals surface area contributed by atoms with E-state index in [2.05, 4.69) is 23.4 Å². The van der Waals surface area contributed by atoms with Crippen molar-refractivity contribution in [2.45, 2.75) is 0 Å². The number of rotatable bonds is 1. The van der Waals surface area contributed by atoms with Crippen LogP contribution in [0.15, 0.2) is 47.2 Å². The number of hydrogen-bond acceptors (Lipinski definition) is 3. The summed E-state index contributed by atoms with van der Waals surface area (Å²) in [5, 5.41) is 9.45. The first-order valence-electron chi connectivity index (χ1n) is 6.02. The molecule has 0 bridgehead atoms.